The molecule has 0 N–H and O–H groups in total. The highest BCUT2D eigenvalue weighted by molar-refractivity contribution is 6.12. The summed E-state index contributed by atoms with van der Waals surface area (Å²) in [6.07, 6.45) is -57.9. The average Bonchev–Trinajstić information content (AvgIpc) is 1.56. The molecule has 3 heterocycles. The van der Waals surface area contributed by atoms with Crippen molar-refractivity contribution in [1.82, 2.24) is 14.1 Å². The zero-order valence-electron chi connectivity index (χ0n) is 49.7. The third kappa shape index (κ3) is 13.9. The highest BCUT2D eigenvalue weighted by Crippen LogP contribution is 2.48. The van der Waals surface area contributed by atoms with Crippen LogP contribution in [0.2, 0.25) is 0 Å². The molecule has 0 aliphatic heterocycles. The van der Waals surface area contributed by atoms with Crippen LogP contribution in [0.25, 0.3) is 99.8 Å². The predicted octanol–water partition coefficient (Wildman–Crippen LogP) is 23.5. The summed E-state index contributed by atoms with van der Waals surface area (Å²) in [5, 5.41) is -1.96. The summed E-state index contributed by atoms with van der Waals surface area (Å²) in [6, 6.07) is 12.9. The first-order valence-corrected chi connectivity index (χ1v) is 28.7. The topological polar surface area (TPSA) is 22.8 Å². The van der Waals surface area contributed by atoms with Gasteiger partial charge in [-0.05, 0) is 170 Å². The third-order valence-electron chi connectivity index (χ3n) is 16.8. The van der Waals surface area contributed by atoms with Gasteiger partial charge < -0.3 is 0 Å². The fraction of sp³-hybridized carbons (Fsp3) is 0.174. The summed E-state index contributed by atoms with van der Waals surface area (Å²) in [5.41, 5.74) is -27.6. The number of fused-ring (bicyclic) bond motifs is 6. The van der Waals surface area contributed by atoms with E-state index in [0.717, 1.165) is 81.9 Å². The first-order chi connectivity index (χ1) is 46.8. The van der Waals surface area contributed by atoms with Gasteiger partial charge in [-0.25, -0.2) is 4.98 Å². The summed E-state index contributed by atoms with van der Waals surface area (Å²) in [7, 11) is 0. The Labute approximate surface area is 548 Å². The molecule has 532 valence electrons. The van der Waals surface area contributed by atoms with Crippen LogP contribution in [-0.4, -0.2) is 38.8 Å². The van der Waals surface area contributed by atoms with Gasteiger partial charge in [-0.2, -0.15) is 132 Å². The summed E-state index contributed by atoms with van der Waals surface area (Å²) in [6.45, 7) is 0. The molecule has 0 saturated carbocycles. The van der Waals surface area contributed by atoms with Gasteiger partial charge in [0.2, 0.25) is 0 Å². The van der Waals surface area contributed by atoms with Crippen LogP contribution in [-0.2, 0) is 37.1 Å². The molecule has 0 atom stereocenters. The number of nitrogens with zero attached hydrogens (tertiary/aromatic N) is 3. The first kappa shape index (κ1) is 71.7. The molecule has 12 rings (SSSR count). The van der Waals surface area contributed by atoms with Gasteiger partial charge >= 0.3 is 61.8 Å². The summed E-state index contributed by atoms with van der Waals surface area (Å²) in [4.78, 5) is 4.67. The smallest absolute Gasteiger partial charge is 0.294 e. The maximum atomic E-state index is 14.9. The van der Waals surface area contributed by atoms with Crippen LogP contribution in [0, 0.1) is 0 Å². The lowest BCUT2D eigenvalue weighted by molar-refractivity contribution is -0.144. The van der Waals surface area contributed by atoms with Gasteiger partial charge in [-0.1, -0.05) is 48.5 Å². The molecule has 33 heteroatoms. The first-order valence-electron chi connectivity index (χ1n) is 28.7. The Kier molecular flexibility index (Phi) is 16.7. The van der Waals surface area contributed by atoms with Crippen molar-refractivity contribution in [3.8, 4) is 45.0 Å². The maximum Gasteiger partial charge on any atom is 0.416 e. The van der Waals surface area contributed by atoms with Gasteiger partial charge in [0.05, 0.1) is 66.6 Å². The standard InChI is InChI=1S/C69H31F30N3/c70-60(71,72)40-9-34(10-41(25-40)61(73,74)75)30-1-5-50-51-6-2-31(35-11-42(62(76,77)78)26-43(12-35)63(79,80)81)20-55(51)101(54(50)19-30)58-23-39(38-17-48(68(94,95)96)29-49(18-38)69(97,98)99)24-59(100-58)102-56-21-32(36-13-44(64(82,83)84)27-45(14-36)65(85,86)87)3-7-52(56)53-8-4-33(22-57(53)102)37-15-46(66(88,89)90)28-47(16-37)67(91,92)93/h1-13,15,17-29H,14,16H2. The van der Waals surface area contributed by atoms with Gasteiger partial charge in [0.25, 0.3) is 0 Å². The fourth-order valence-corrected chi connectivity index (χ4v) is 12.1. The molecule has 10 aromatic rings. The second kappa shape index (κ2) is 23.7. The number of hydrogen-bond donors (Lipinski definition) is 0. The van der Waals surface area contributed by atoms with Crippen LogP contribution >= 0.6 is 0 Å². The fourth-order valence-electron chi connectivity index (χ4n) is 12.1. The van der Waals surface area contributed by atoms with Gasteiger partial charge in [0, 0.05) is 45.5 Å². The molecular formula is C69H31F30N3. The minimum absolute atomic E-state index is 0.117. The van der Waals surface area contributed by atoms with E-state index in [4.69, 9.17) is 0 Å². The van der Waals surface area contributed by atoms with Crippen molar-refractivity contribution in [3.05, 3.63) is 230 Å². The van der Waals surface area contributed by atoms with Crippen LogP contribution < -0.4 is 10.4 Å². The Bertz CT molecular complexity index is 5040. The number of pyridine rings is 1. The van der Waals surface area contributed by atoms with E-state index >= 15 is 0 Å². The van der Waals surface area contributed by atoms with Crippen LogP contribution in [0.5, 0.6) is 0 Å². The van der Waals surface area contributed by atoms with Crippen LogP contribution in [0.3, 0.4) is 0 Å². The molecular weight excluding hydrogens is 1440 g/mol. The summed E-state index contributed by atoms with van der Waals surface area (Å²) < 4.78 is 438. The minimum Gasteiger partial charge on any atom is -0.294 e. The van der Waals surface area contributed by atoms with Crippen LogP contribution in [0.15, 0.2) is 186 Å². The number of allylic oxidation sites excluding steroid dienone is 8. The Morgan fingerprint density at radius 3 is 0.755 bits per heavy atom. The maximum absolute atomic E-state index is 14.9. The lowest BCUT2D eigenvalue weighted by Gasteiger charge is -2.20. The number of halogens is 30. The van der Waals surface area contributed by atoms with Gasteiger partial charge in [-0.3, -0.25) is 9.13 Å². The van der Waals surface area contributed by atoms with Gasteiger partial charge in [-0.15, -0.1) is 0 Å². The molecule has 0 unspecified atom stereocenters. The van der Waals surface area contributed by atoms with Gasteiger partial charge in [0.1, 0.15) is 11.6 Å². The number of hydrogen-bond acceptors (Lipinski definition) is 1. The molecule has 2 aliphatic carbocycles. The Hall–Kier alpha value is -10.1. The number of benzene rings is 7. The largest absolute Gasteiger partial charge is 0.416 e. The van der Waals surface area contributed by atoms with Crippen molar-refractivity contribution in [2.75, 3.05) is 0 Å². The van der Waals surface area contributed by atoms with E-state index in [1.807, 2.05) is 0 Å². The van der Waals surface area contributed by atoms with E-state index in [1.165, 1.54) is 0 Å². The van der Waals surface area contributed by atoms with Crippen molar-refractivity contribution < 1.29 is 132 Å². The van der Waals surface area contributed by atoms with Crippen molar-refractivity contribution in [2.24, 2.45) is 0 Å². The Balaban J connectivity index is 1.28. The molecule has 0 fully saturated rings. The second-order valence-corrected chi connectivity index (χ2v) is 23.5. The molecule has 0 bridgehead atoms. The summed E-state index contributed by atoms with van der Waals surface area (Å²) >= 11 is 0. The molecule has 0 saturated heterocycles. The zero-order chi connectivity index (χ0) is 74.7. The summed E-state index contributed by atoms with van der Waals surface area (Å²) in [5.74, 6) is -1.82. The lowest BCUT2D eigenvalue weighted by Crippen LogP contribution is -2.21. The third-order valence-corrected chi connectivity index (χ3v) is 16.8. The van der Waals surface area contributed by atoms with E-state index in [1.54, 1.807) is 0 Å². The van der Waals surface area contributed by atoms with Crippen LogP contribution in [0.4, 0.5) is 132 Å². The molecule has 3 aromatic heterocycles. The number of rotatable bonds is 5. The van der Waals surface area contributed by atoms with Crippen LogP contribution in [0.1, 0.15) is 46.2 Å². The molecule has 0 spiro atoms. The number of alkyl halides is 30. The highest BCUT2D eigenvalue weighted by Gasteiger charge is 2.45. The number of aromatic nitrogens is 3. The van der Waals surface area contributed by atoms with E-state index in [0.29, 0.717) is 12.1 Å². The minimum atomic E-state index is -5.68. The predicted molar refractivity (Wildman–Crippen MR) is 311 cm³/mol. The van der Waals surface area contributed by atoms with E-state index in [2.05, 4.69) is 4.98 Å². The zero-order valence-corrected chi connectivity index (χ0v) is 49.7. The van der Waals surface area contributed by atoms with E-state index in [-0.39, 0.29) is 100 Å². The van der Waals surface area contributed by atoms with E-state index < -0.39 is 219 Å². The van der Waals surface area contributed by atoms with Crippen molar-refractivity contribution in [2.45, 2.75) is 74.6 Å². The normalized spacial score (nSPS) is 16.3. The van der Waals surface area contributed by atoms with E-state index in [9.17, 15) is 132 Å². The SMILES string of the molecule is FC(F)(F)C1=CC(=c2ccc3c4ccc(=C5C=C(C(F)(F)F)C=C(C(F)(F)F)C5)cc4n(-c4cc(-c5cc(C(F)(F)F)cc(C(F)(F)F)c5)cc(-n5c6cc(-c7cc(C(F)(F)F)cc(C(F)(F)F)c7)ccc6c6ccc(-c7cc(C(F)(F)F)cc(C(F)(F)F)c7)cc65)n4)c3c2)CC(C(F)(F)F)=C1. The molecule has 102 heavy (non-hydrogen) atoms. The van der Waals surface area contributed by atoms with Gasteiger partial charge in [0.15, 0.2) is 0 Å². The quantitative estimate of drug-likeness (QED) is 0.158. The lowest BCUT2D eigenvalue weighted by atomic mass is 9.92. The molecule has 2 aliphatic rings. The average molecular weight is 1470 g/mol. The molecule has 3 nitrogen and oxygen atoms in total. The molecule has 7 aromatic carbocycles. The monoisotopic (exact) mass is 1470 g/mol. The molecule has 0 amide bonds. The second-order valence-electron chi connectivity index (χ2n) is 23.5. The Morgan fingerprint density at radius 2 is 0.490 bits per heavy atom. The van der Waals surface area contributed by atoms with Crippen molar-refractivity contribution >= 4 is 54.8 Å². The highest BCUT2D eigenvalue weighted by atomic mass is 19.4. The van der Waals surface area contributed by atoms with Crippen molar-refractivity contribution in [3.63, 3.8) is 0 Å². The van der Waals surface area contributed by atoms with Crippen molar-refractivity contribution in [1.29, 1.82) is 0 Å². The molecule has 0 radical (unpaired) electrons. The Morgan fingerprint density at radius 1 is 0.235 bits per heavy atom.